The number of hydrogen-bond donors (Lipinski definition) is 1. The van der Waals surface area contributed by atoms with Gasteiger partial charge < -0.3 is 10.1 Å². The molecule has 3 nitrogen and oxygen atoms in total. The SMILES string of the molecule is CC(C)[C@H](CNC(=O)OC(C)(C)C)c1ccccc1Cl. The van der Waals surface area contributed by atoms with Crippen LogP contribution in [-0.2, 0) is 4.74 Å². The fraction of sp³-hybridized carbons (Fsp3) is 0.562. The second kappa shape index (κ2) is 6.98. The highest BCUT2D eigenvalue weighted by Crippen LogP contribution is 2.29. The first-order valence-corrected chi connectivity index (χ1v) is 7.30. The maximum Gasteiger partial charge on any atom is 0.407 e. The minimum absolute atomic E-state index is 0.163. The topological polar surface area (TPSA) is 38.3 Å². The molecular formula is C16H24ClNO2. The summed E-state index contributed by atoms with van der Waals surface area (Å²) >= 11 is 6.24. The number of nitrogens with one attached hydrogen (secondary N) is 1. The van der Waals surface area contributed by atoms with Gasteiger partial charge in [-0.05, 0) is 38.3 Å². The minimum Gasteiger partial charge on any atom is -0.444 e. The summed E-state index contributed by atoms with van der Waals surface area (Å²) in [5.41, 5.74) is 0.571. The predicted molar refractivity (Wildman–Crippen MR) is 83.3 cm³/mol. The third-order valence-electron chi connectivity index (χ3n) is 2.97. The zero-order chi connectivity index (χ0) is 15.3. The zero-order valence-corrected chi connectivity index (χ0v) is 13.6. The zero-order valence-electron chi connectivity index (χ0n) is 12.9. The predicted octanol–water partition coefficient (Wildman–Crippen LogP) is 4.60. The average molecular weight is 298 g/mol. The lowest BCUT2D eigenvalue weighted by molar-refractivity contribution is 0.0522. The van der Waals surface area contributed by atoms with Gasteiger partial charge in [0, 0.05) is 17.5 Å². The van der Waals surface area contributed by atoms with Gasteiger partial charge in [-0.2, -0.15) is 0 Å². The molecule has 0 aromatic heterocycles. The third kappa shape index (κ3) is 5.41. The van der Waals surface area contributed by atoms with Gasteiger partial charge in [0.1, 0.15) is 5.60 Å². The molecule has 1 atom stereocenters. The molecule has 0 saturated carbocycles. The van der Waals surface area contributed by atoms with Gasteiger partial charge in [0.2, 0.25) is 0 Å². The van der Waals surface area contributed by atoms with Crippen LogP contribution >= 0.6 is 11.6 Å². The number of ether oxygens (including phenoxy) is 1. The molecule has 0 aliphatic heterocycles. The van der Waals surface area contributed by atoms with Crippen molar-refractivity contribution in [2.75, 3.05) is 6.54 Å². The van der Waals surface area contributed by atoms with Crippen LogP contribution in [0.2, 0.25) is 5.02 Å². The number of rotatable bonds is 4. The summed E-state index contributed by atoms with van der Waals surface area (Å²) in [7, 11) is 0. The Hall–Kier alpha value is -1.22. The lowest BCUT2D eigenvalue weighted by atomic mass is 9.88. The van der Waals surface area contributed by atoms with Crippen LogP contribution < -0.4 is 5.32 Å². The number of halogens is 1. The Morgan fingerprint density at radius 2 is 1.90 bits per heavy atom. The van der Waals surface area contributed by atoms with E-state index >= 15 is 0 Å². The van der Waals surface area contributed by atoms with E-state index in [2.05, 4.69) is 19.2 Å². The molecule has 1 aromatic carbocycles. The molecule has 4 heteroatoms. The molecule has 0 saturated heterocycles. The molecule has 0 unspecified atom stereocenters. The molecule has 0 aliphatic rings. The fourth-order valence-corrected chi connectivity index (χ4v) is 2.26. The van der Waals surface area contributed by atoms with Gasteiger partial charge in [-0.25, -0.2) is 4.79 Å². The average Bonchev–Trinajstić information content (AvgIpc) is 2.28. The molecule has 0 heterocycles. The van der Waals surface area contributed by atoms with Crippen molar-refractivity contribution in [2.24, 2.45) is 5.92 Å². The molecule has 0 bridgehead atoms. The first kappa shape index (κ1) is 16.8. The Labute approximate surface area is 126 Å². The van der Waals surface area contributed by atoms with E-state index in [-0.39, 0.29) is 5.92 Å². The van der Waals surface area contributed by atoms with Crippen molar-refractivity contribution >= 4 is 17.7 Å². The van der Waals surface area contributed by atoms with Crippen molar-refractivity contribution in [2.45, 2.75) is 46.1 Å². The molecule has 0 radical (unpaired) electrons. The quantitative estimate of drug-likeness (QED) is 0.881. The summed E-state index contributed by atoms with van der Waals surface area (Å²) in [5.74, 6) is 0.529. The van der Waals surface area contributed by atoms with Crippen molar-refractivity contribution in [3.05, 3.63) is 34.9 Å². The number of benzene rings is 1. The Morgan fingerprint density at radius 3 is 2.40 bits per heavy atom. The largest absolute Gasteiger partial charge is 0.444 e. The van der Waals surface area contributed by atoms with Crippen LogP contribution in [0, 0.1) is 5.92 Å². The normalized spacial score (nSPS) is 13.2. The lowest BCUT2D eigenvalue weighted by Crippen LogP contribution is -2.35. The van der Waals surface area contributed by atoms with Gasteiger partial charge in [0.25, 0.3) is 0 Å². The molecule has 1 rings (SSSR count). The summed E-state index contributed by atoms with van der Waals surface area (Å²) in [6, 6.07) is 7.75. The second-order valence-electron chi connectivity index (χ2n) is 6.25. The number of hydrogen-bond acceptors (Lipinski definition) is 2. The van der Waals surface area contributed by atoms with Crippen molar-refractivity contribution < 1.29 is 9.53 Å². The molecule has 112 valence electrons. The van der Waals surface area contributed by atoms with E-state index in [9.17, 15) is 4.79 Å². The standard InChI is InChI=1S/C16H24ClNO2/c1-11(2)13(12-8-6-7-9-14(12)17)10-18-15(19)20-16(3,4)5/h6-9,11,13H,10H2,1-5H3,(H,18,19)/t13-/m0/s1. The Kier molecular flexibility index (Phi) is 5.88. The first-order valence-electron chi connectivity index (χ1n) is 6.92. The number of amides is 1. The second-order valence-corrected chi connectivity index (χ2v) is 6.66. The van der Waals surface area contributed by atoms with Gasteiger partial charge in [0.15, 0.2) is 0 Å². The van der Waals surface area contributed by atoms with E-state index in [4.69, 9.17) is 16.3 Å². The van der Waals surface area contributed by atoms with Crippen LogP contribution in [0.4, 0.5) is 4.79 Å². The summed E-state index contributed by atoms with van der Waals surface area (Å²) in [6.45, 7) is 10.3. The molecule has 20 heavy (non-hydrogen) atoms. The van der Waals surface area contributed by atoms with Gasteiger partial charge in [0.05, 0.1) is 0 Å². The van der Waals surface area contributed by atoms with Crippen LogP contribution in [-0.4, -0.2) is 18.2 Å². The number of carbonyl (C=O) groups is 1. The molecule has 0 aliphatic carbocycles. The summed E-state index contributed by atoms with van der Waals surface area (Å²) in [4.78, 5) is 11.7. The maximum atomic E-state index is 11.7. The number of alkyl carbamates (subject to hydrolysis) is 1. The molecule has 0 fully saturated rings. The van der Waals surface area contributed by atoms with Gasteiger partial charge in [-0.1, -0.05) is 43.6 Å². The van der Waals surface area contributed by atoms with E-state index < -0.39 is 11.7 Å². The summed E-state index contributed by atoms with van der Waals surface area (Å²) < 4.78 is 5.25. The number of carbonyl (C=O) groups excluding carboxylic acids is 1. The highest BCUT2D eigenvalue weighted by Gasteiger charge is 2.21. The Bertz CT molecular complexity index is 452. The van der Waals surface area contributed by atoms with E-state index in [1.54, 1.807) is 0 Å². The summed E-state index contributed by atoms with van der Waals surface area (Å²) in [6.07, 6.45) is -0.393. The van der Waals surface area contributed by atoms with Gasteiger partial charge in [-0.15, -0.1) is 0 Å². The van der Waals surface area contributed by atoms with E-state index in [0.29, 0.717) is 12.5 Å². The minimum atomic E-state index is -0.484. The molecule has 1 amide bonds. The van der Waals surface area contributed by atoms with Crippen molar-refractivity contribution in [1.29, 1.82) is 0 Å². The van der Waals surface area contributed by atoms with Crippen molar-refractivity contribution in [3.8, 4) is 0 Å². The van der Waals surface area contributed by atoms with E-state index in [1.807, 2.05) is 45.0 Å². The van der Waals surface area contributed by atoms with E-state index in [1.165, 1.54) is 0 Å². The smallest absolute Gasteiger partial charge is 0.407 e. The molecular weight excluding hydrogens is 274 g/mol. The summed E-state index contributed by atoms with van der Waals surface area (Å²) in [5, 5.41) is 3.56. The van der Waals surface area contributed by atoms with Crippen molar-refractivity contribution in [1.82, 2.24) is 5.32 Å². The van der Waals surface area contributed by atoms with Gasteiger partial charge in [-0.3, -0.25) is 0 Å². The maximum absolute atomic E-state index is 11.7. The van der Waals surface area contributed by atoms with Crippen LogP contribution in [0.3, 0.4) is 0 Å². The Balaban J connectivity index is 2.71. The molecule has 0 spiro atoms. The Morgan fingerprint density at radius 1 is 1.30 bits per heavy atom. The highest BCUT2D eigenvalue weighted by molar-refractivity contribution is 6.31. The fourth-order valence-electron chi connectivity index (χ4n) is 1.99. The third-order valence-corrected chi connectivity index (χ3v) is 3.32. The van der Waals surface area contributed by atoms with Crippen molar-refractivity contribution in [3.63, 3.8) is 0 Å². The monoisotopic (exact) mass is 297 g/mol. The molecule has 1 N–H and O–H groups in total. The lowest BCUT2D eigenvalue weighted by Gasteiger charge is -2.24. The van der Waals surface area contributed by atoms with Crippen LogP contribution in [0.1, 0.15) is 46.1 Å². The van der Waals surface area contributed by atoms with Gasteiger partial charge >= 0.3 is 6.09 Å². The first-order chi connectivity index (χ1) is 9.20. The van der Waals surface area contributed by atoms with Crippen LogP contribution in [0.25, 0.3) is 0 Å². The van der Waals surface area contributed by atoms with Crippen LogP contribution in [0.15, 0.2) is 24.3 Å². The van der Waals surface area contributed by atoms with E-state index in [0.717, 1.165) is 10.6 Å². The molecule has 1 aromatic rings. The van der Waals surface area contributed by atoms with Crippen LogP contribution in [0.5, 0.6) is 0 Å². The highest BCUT2D eigenvalue weighted by atomic mass is 35.5.